The van der Waals surface area contributed by atoms with E-state index in [0.717, 1.165) is 47.3 Å². The van der Waals surface area contributed by atoms with Crippen molar-refractivity contribution in [1.29, 1.82) is 0 Å². The van der Waals surface area contributed by atoms with Crippen LogP contribution in [0.15, 0.2) is 30.3 Å². The summed E-state index contributed by atoms with van der Waals surface area (Å²) in [5, 5.41) is 0. The van der Waals surface area contributed by atoms with Gasteiger partial charge in [0.1, 0.15) is 5.60 Å². The second-order valence-corrected chi connectivity index (χ2v) is 7.67. The van der Waals surface area contributed by atoms with Gasteiger partial charge in [0.25, 0.3) is 0 Å². The quantitative estimate of drug-likeness (QED) is 0.728. The summed E-state index contributed by atoms with van der Waals surface area (Å²) in [4.78, 5) is 0. The fourth-order valence-electron chi connectivity index (χ4n) is 8.17. The number of hydrogen-bond acceptors (Lipinski definition) is 1. The summed E-state index contributed by atoms with van der Waals surface area (Å²) in [5.41, 5.74) is 1.70. The molecule has 18 heavy (non-hydrogen) atoms. The molecule has 0 amide bonds. The van der Waals surface area contributed by atoms with E-state index in [1.54, 1.807) is 6.42 Å². The van der Waals surface area contributed by atoms with Crippen LogP contribution < -0.4 is 0 Å². The van der Waals surface area contributed by atoms with Gasteiger partial charge in [0.2, 0.25) is 0 Å². The van der Waals surface area contributed by atoms with Crippen LogP contribution in [0.25, 0.3) is 0 Å². The average Bonchev–Trinajstić information content (AvgIpc) is 3.01. The average molecular weight is 236 g/mol. The van der Waals surface area contributed by atoms with Crippen molar-refractivity contribution in [3.8, 4) is 0 Å². The Bertz CT molecular complexity index is 585. The van der Waals surface area contributed by atoms with Gasteiger partial charge in [-0.15, -0.1) is 0 Å². The summed E-state index contributed by atoms with van der Waals surface area (Å²) in [5.74, 6) is 8.01. The fraction of sp³-hybridized carbons (Fsp3) is 0.647. The maximum atomic E-state index is 6.74. The second kappa shape index (κ2) is 2.10. The van der Waals surface area contributed by atoms with E-state index in [1.807, 2.05) is 0 Å². The highest BCUT2D eigenvalue weighted by Gasteiger charge is 2.92. The molecule has 5 aliphatic carbocycles. The van der Waals surface area contributed by atoms with Gasteiger partial charge in [-0.25, -0.2) is 0 Å². The molecule has 4 bridgehead atoms. The first kappa shape index (κ1) is 8.37. The Balaban J connectivity index is 1.58. The van der Waals surface area contributed by atoms with Gasteiger partial charge in [0, 0.05) is 11.8 Å². The van der Waals surface area contributed by atoms with Crippen molar-refractivity contribution < 1.29 is 4.74 Å². The molecule has 0 radical (unpaired) electrons. The van der Waals surface area contributed by atoms with Gasteiger partial charge in [-0.05, 0) is 47.5 Å². The molecule has 0 unspecified atom stereocenters. The van der Waals surface area contributed by atoms with Gasteiger partial charge in [0.15, 0.2) is 0 Å². The smallest absolute Gasteiger partial charge is 0.100 e. The Hall–Kier alpha value is -0.820. The molecule has 1 aromatic rings. The van der Waals surface area contributed by atoms with Crippen LogP contribution in [-0.4, -0.2) is 6.10 Å². The minimum Gasteiger partial charge on any atom is -0.366 e. The zero-order valence-electron chi connectivity index (χ0n) is 10.2. The van der Waals surface area contributed by atoms with Crippen molar-refractivity contribution in [2.24, 2.45) is 47.3 Å². The fourth-order valence-corrected chi connectivity index (χ4v) is 8.17. The lowest BCUT2D eigenvalue weighted by Crippen LogP contribution is -2.47. The lowest BCUT2D eigenvalue weighted by molar-refractivity contribution is -0.0356. The maximum Gasteiger partial charge on any atom is 0.100 e. The third kappa shape index (κ3) is 0.499. The molecule has 7 fully saturated rings. The Labute approximate surface area is 107 Å². The molecule has 7 aliphatic rings. The van der Waals surface area contributed by atoms with Crippen molar-refractivity contribution in [3.05, 3.63) is 35.9 Å². The normalized spacial score (nSPS) is 70.6. The predicted molar refractivity (Wildman–Crippen MR) is 65.5 cm³/mol. The van der Waals surface area contributed by atoms with E-state index in [2.05, 4.69) is 30.3 Å². The molecule has 2 heterocycles. The summed E-state index contributed by atoms with van der Waals surface area (Å²) in [7, 11) is 0. The van der Waals surface area contributed by atoms with E-state index >= 15 is 0 Å². The molecule has 2 saturated heterocycles. The Morgan fingerprint density at radius 2 is 1.78 bits per heavy atom. The lowest BCUT2D eigenvalue weighted by Gasteiger charge is -2.46. The summed E-state index contributed by atoms with van der Waals surface area (Å²) < 4.78 is 6.74. The van der Waals surface area contributed by atoms with Crippen LogP contribution in [0.3, 0.4) is 0 Å². The third-order valence-corrected chi connectivity index (χ3v) is 7.93. The number of rotatable bonds is 1. The molecule has 0 aromatic heterocycles. The van der Waals surface area contributed by atoms with Crippen molar-refractivity contribution in [2.75, 3.05) is 0 Å². The van der Waals surface area contributed by atoms with Crippen LogP contribution in [0, 0.1) is 47.3 Å². The van der Waals surface area contributed by atoms with Crippen molar-refractivity contribution in [2.45, 2.75) is 18.1 Å². The Morgan fingerprint density at radius 3 is 2.67 bits per heavy atom. The summed E-state index contributed by atoms with van der Waals surface area (Å²) in [6.45, 7) is 0. The summed E-state index contributed by atoms with van der Waals surface area (Å²) in [6, 6.07) is 11.2. The Kier molecular flexibility index (Phi) is 0.975. The van der Waals surface area contributed by atoms with E-state index in [-0.39, 0.29) is 5.60 Å². The van der Waals surface area contributed by atoms with Crippen LogP contribution in [0.5, 0.6) is 0 Å². The van der Waals surface area contributed by atoms with Crippen LogP contribution in [-0.2, 0) is 10.3 Å². The molecule has 0 N–H and O–H groups in total. The monoisotopic (exact) mass is 236 g/mol. The summed E-state index contributed by atoms with van der Waals surface area (Å²) >= 11 is 0. The Morgan fingerprint density at radius 1 is 0.889 bits per heavy atom. The number of hydrogen-bond donors (Lipinski definition) is 0. The topological polar surface area (TPSA) is 9.23 Å². The standard InChI is InChI=1S/C17H16O/c1-2-4-7(5-3-1)17-14-9-6-8-10-11(9)15(17)13(10)16(18-17)12(8)14/h1-5,8-16H,6H2/t8-,9+,10-,11+,12-,13+,14+,15+,16+,17-/m0/s1. The molecule has 1 nitrogen and oxygen atoms in total. The van der Waals surface area contributed by atoms with Gasteiger partial charge < -0.3 is 4.74 Å². The molecule has 8 rings (SSSR count). The second-order valence-electron chi connectivity index (χ2n) is 7.67. The SMILES string of the molecule is c1ccc([C@@]23O[C@H]4[C@@H]5[C@H]6[C@@H]7C[C@H]([C@H]6[C@H]52)[C@@H]3[C@H]74)cc1. The molecule has 2 aliphatic heterocycles. The van der Waals surface area contributed by atoms with Gasteiger partial charge in [0.05, 0.1) is 6.10 Å². The van der Waals surface area contributed by atoms with E-state index in [9.17, 15) is 0 Å². The largest absolute Gasteiger partial charge is 0.366 e. The highest BCUT2D eigenvalue weighted by atomic mass is 16.5. The number of ether oxygens (including phenoxy) is 1. The van der Waals surface area contributed by atoms with E-state index in [4.69, 9.17) is 4.74 Å². The predicted octanol–water partition coefficient (Wildman–Crippen LogP) is 2.67. The molecule has 1 aromatic carbocycles. The molecule has 90 valence electrons. The van der Waals surface area contributed by atoms with Gasteiger partial charge in [-0.3, -0.25) is 0 Å². The first-order valence-electron chi connectivity index (χ1n) is 7.66. The maximum absolute atomic E-state index is 6.74. The zero-order valence-corrected chi connectivity index (χ0v) is 10.2. The third-order valence-electron chi connectivity index (χ3n) is 7.93. The van der Waals surface area contributed by atoms with Crippen molar-refractivity contribution >= 4 is 0 Å². The van der Waals surface area contributed by atoms with Crippen molar-refractivity contribution in [3.63, 3.8) is 0 Å². The highest BCUT2D eigenvalue weighted by molar-refractivity contribution is 5.44. The van der Waals surface area contributed by atoms with Gasteiger partial charge in [-0.1, -0.05) is 30.3 Å². The van der Waals surface area contributed by atoms with E-state index in [1.165, 1.54) is 5.56 Å². The minimum atomic E-state index is 0.179. The molecule has 5 saturated carbocycles. The van der Waals surface area contributed by atoms with Crippen LogP contribution in [0.4, 0.5) is 0 Å². The first-order chi connectivity index (χ1) is 8.93. The van der Waals surface area contributed by atoms with Gasteiger partial charge in [-0.2, -0.15) is 0 Å². The van der Waals surface area contributed by atoms with E-state index in [0.29, 0.717) is 6.10 Å². The molecule has 0 spiro atoms. The molecular weight excluding hydrogens is 220 g/mol. The zero-order chi connectivity index (χ0) is 11.2. The summed E-state index contributed by atoms with van der Waals surface area (Å²) in [6.07, 6.45) is 2.23. The lowest BCUT2D eigenvalue weighted by atomic mass is 9.56. The molecule has 10 atom stereocenters. The first-order valence-corrected chi connectivity index (χ1v) is 7.66. The highest BCUT2D eigenvalue weighted by Crippen LogP contribution is 2.92. The number of benzene rings is 1. The molecular formula is C17H16O. The van der Waals surface area contributed by atoms with Gasteiger partial charge >= 0.3 is 0 Å². The van der Waals surface area contributed by atoms with Crippen molar-refractivity contribution in [1.82, 2.24) is 0 Å². The molecule has 1 heteroatoms. The van der Waals surface area contributed by atoms with Crippen LogP contribution in [0.2, 0.25) is 0 Å². The minimum absolute atomic E-state index is 0.179. The van der Waals surface area contributed by atoms with Crippen LogP contribution >= 0.6 is 0 Å². The van der Waals surface area contributed by atoms with E-state index < -0.39 is 0 Å². The van der Waals surface area contributed by atoms with Crippen LogP contribution in [0.1, 0.15) is 12.0 Å².